The van der Waals surface area contributed by atoms with Crippen LogP contribution in [0.3, 0.4) is 0 Å². The van der Waals surface area contributed by atoms with E-state index in [2.05, 4.69) is 30.6 Å². The highest BCUT2D eigenvalue weighted by molar-refractivity contribution is 7.97. The van der Waals surface area contributed by atoms with Crippen molar-refractivity contribution in [1.29, 1.82) is 0 Å². The van der Waals surface area contributed by atoms with E-state index in [9.17, 15) is 0 Å². The molecule has 0 aliphatic carbocycles. The van der Waals surface area contributed by atoms with Gasteiger partial charge in [-0.3, -0.25) is 4.72 Å². The van der Waals surface area contributed by atoms with Crippen molar-refractivity contribution in [3.63, 3.8) is 0 Å². The SMILES string of the molecule is CCNSC(CN(C)C)c1ccco1. The minimum Gasteiger partial charge on any atom is -0.468 e. The van der Waals surface area contributed by atoms with E-state index >= 15 is 0 Å². The Kier molecular flexibility index (Phi) is 5.07. The fourth-order valence-corrected chi connectivity index (χ4v) is 2.17. The van der Waals surface area contributed by atoms with Crippen molar-refractivity contribution in [1.82, 2.24) is 9.62 Å². The van der Waals surface area contributed by atoms with E-state index in [1.54, 1.807) is 18.2 Å². The first-order chi connectivity index (χ1) is 6.74. The fourth-order valence-electron chi connectivity index (χ4n) is 1.18. The normalized spacial score (nSPS) is 13.4. The van der Waals surface area contributed by atoms with E-state index in [1.165, 1.54) is 0 Å². The van der Waals surface area contributed by atoms with Gasteiger partial charge in [0.05, 0.1) is 11.5 Å². The lowest BCUT2D eigenvalue weighted by Gasteiger charge is -2.18. The zero-order valence-electron chi connectivity index (χ0n) is 8.99. The second-order valence-electron chi connectivity index (χ2n) is 3.38. The maximum absolute atomic E-state index is 5.41. The van der Waals surface area contributed by atoms with Crippen LogP contribution in [0.15, 0.2) is 22.8 Å². The van der Waals surface area contributed by atoms with E-state index < -0.39 is 0 Å². The van der Waals surface area contributed by atoms with Gasteiger partial charge in [0, 0.05) is 13.1 Å². The standard InChI is InChI=1S/C10H18N2OS/c1-4-11-14-10(8-12(2)3)9-6-5-7-13-9/h5-7,10-11H,4,8H2,1-3H3. The smallest absolute Gasteiger partial charge is 0.119 e. The summed E-state index contributed by atoms with van der Waals surface area (Å²) in [6, 6.07) is 3.96. The molecule has 0 fully saturated rings. The summed E-state index contributed by atoms with van der Waals surface area (Å²) in [5.74, 6) is 1.03. The Labute approximate surface area is 90.0 Å². The molecule has 3 nitrogen and oxygen atoms in total. The number of furan rings is 1. The topological polar surface area (TPSA) is 28.4 Å². The average Bonchev–Trinajstić information content (AvgIpc) is 2.64. The van der Waals surface area contributed by atoms with Gasteiger partial charge in [-0.2, -0.15) is 0 Å². The Morgan fingerprint density at radius 2 is 2.36 bits per heavy atom. The van der Waals surface area contributed by atoms with Gasteiger partial charge in [0.2, 0.25) is 0 Å². The number of hydrogen-bond donors (Lipinski definition) is 1. The van der Waals surface area contributed by atoms with Gasteiger partial charge in [0.25, 0.3) is 0 Å². The van der Waals surface area contributed by atoms with Crippen molar-refractivity contribution in [3.05, 3.63) is 24.2 Å². The molecule has 0 bridgehead atoms. The van der Waals surface area contributed by atoms with Crippen LogP contribution in [0.2, 0.25) is 0 Å². The first-order valence-corrected chi connectivity index (χ1v) is 5.68. The molecule has 1 aromatic heterocycles. The lowest BCUT2D eigenvalue weighted by Crippen LogP contribution is -2.20. The molecule has 0 saturated carbocycles. The van der Waals surface area contributed by atoms with Crippen LogP contribution in [0.1, 0.15) is 17.9 Å². The first kappa shape index (κ1) is 11.6. The zero-order chi connectivity index (χ0) is 10.4. The van der Waals surface area contributed by atoms with Crippen molar-refractivity contribution in [2.24, 2.45) is 0 Å². The molecule has 1 unspecified atom stereocenters. The van der Waals surface area contributed by atoms with Crippen LogP contribution in [0.25, 0.3) is 0 Å². The Hall–Kier alpha value is -0.450. The fraction of sp³-hybridized carbons (Fsp3) is 0.600. The van der Waals surface area contributed by atoms with Crippen molar-refractivity contribution in [2.45, 2.75) is 12.2 Å². The van der Waals surface area contributed by atoms with Gasteiger partial charge in [-0.05, 0) is 26.2 Å². The third-order valence-electron chi connectivity index (χ3n) is 1.76. The number of likely N-dealkylation sites (N-methyl/N-ethyl adjacent to an activating group) is 1. The maximum atomic E-state index is 5.41. The van der Waals surface area contributed by atoms with Gasteiger partial charge >= 0.3 is 0 Å². The first-order valence-electron chi connectivity index (χ1n) is 4.80. The number of hydrogen-bond acceptors (Lipinski definition) is 4. The van der Waals surface area contributed by atoms with Crippen LogP contribution in [-0.2, 0) is 0 Å². The van der Waals surface area contributed by atoms with Crippen LogP contribution in [-0.4, -0.2) is 32.1 Å². The monoisotopic (exact) mass is 214 g/mol. The second kappa shape index (κ2) is 6.11. The molecule has 0 spiro atoms. The minimum atomic E-state index is 0.361. The Balaban J connectivity index is 2.53. The van der Waals surface area contributed by atoms with Gasteiger partial charge in [-0.15, -0.1) is 0 Å². The maximum Gasteiger partial charge on any atom is 0.119 e. The molecule has 4 heteroatoms. The molecule has 0 aromatic carbocycles. The van der Waals surface area contributed by atoms with Crippen molar-refractivity contribution in [2.75, 3.05) is 27.2 Å². The molecular formula is C10H18N2OS. The molecule has 0 radical (unpaired) electrons. The summed E-state index contributed by atoms with van der Waals surface area (Å²) in [5, 5.41) is 0.361. The summed E-state index contributed by atoms with van der Waals surface area (Å²) in [6.07, 6.45) is 1.73. The molecule has 0 amide bonds. The van der Waals surface area contributed by atoms with Gasteiger partial charge in [0.15, 0.2) is 0 Å². The molecule has 14 heavy (non-hydrogen) atoms. The highest BCUT2D eigenvalue weighted by Gasteiger charge is 2.15. The highest BCUT2D eigenvalue weighted by atomic mass is 32.2. The van der Waals surface area contributed by atoms with E-state index in [0.29, 0.717) is 5.25 Å². The summed E-state index contributed by atoms with van der Waals surface area (Å²) in [4.78, 5) is 2.16. The van der Waals surface area contributed by atoms with Gasteiger partial charge in [-0.25, -0.2) is 0 Å². The molecule has 80 valence electrons. The molecule has 0 aliphatic heterocycles. The Bertz CT molecular complexity index is 236. The van der Waals surface area contributed by atoms with E-state index in [0.717, 1.165) is 18.8 Å². The number of nitrogens with zero attached hydrogens (tertiary/aromatic N) is 1. The van der Waals surface area contributed by atoms with Crippen LogP contribution >= 0.6 is 11.9 Å². The molecule has 1 N–H and O–H groups in total. The second-order valence-corrected chi connectivity index (χ2v) is 4.48. The van der Waals surface area contributed by atoms with Crippen molar-refractivity contribution in [3.8, 4) is 0 Å². The quantitative estimate of drug-likeness (QED) is 0.734. The van der Waals surface area contributed by atoms with Crippen LogP contribution in [0.5, 0.6) is 0 Å². The largest absolute Gasteiger partial charge is 0.468 e. The summed E-state index contributed by atoms with van der Waals surface area (Å²) >= 11 is 1.72. The minimum absolute atomic E-state index is 0.361. The highest BCUT2D eigenvalue weighted by Crippen LogP contribution is 2.26. The molecule has 0 aliphatic rings. The molecule has 1 atom stereocenters. The number of rotatable bonds is 6. The lowest BCUT2D eigenvalue weighted by atomic mass is 10.3. The summed E-state index contributed by atoms with van der Waals surface area (Å²) in [6.45, 7) is 4.04. The third kappa shape index (κ3) is 3.74. The predicted molar refractivity (Wildman–Crippen MR) is 61.3 cm³/mol. The summed E-state index contributed by atoms with van der Waals surface area (Å²) < 4.78 is 8.68. The van der Waals surface area contributed by atoms with Crippen LogP contribution in [0.4, 0.5) is 0 Å². The van der Waals surface area contributed by atoms with E-state index in [4.69, 9.17) is 4.42 Å². The van der Waals surface area contributed by atoms with Crippen molar-refractivity contribution < 1.29 is 4.42 Å². The Morgan fingerprint density at radius 1 is 1.57 bits per heavy atom. The van der Waals surface area contributed by atoms with E-state index in [1.807, 2.05) is 12.1 Å². The van der Waals surface area contributed by atoms with Crippen LogP contribution < -0.4 is 4.72 Å². The molecule has 1 heterocycles. The number of nitrogens with one attached hydrogen (secondary N) is 1. The van der Waals surface area contributed by atoms with Crippen molar-refractivity contribution >= 4 is 11.9 Å². The van der Waals surface area contributed by atoms with Crippen LogP contribution in [0, 0.1) is 0 Å². The van der Waals surface area contributed by atoms with Gasteiger partial charge in [0.1, 0.15) is 5.76 Å². The van der Waals surface area contributed by atoms with Gasteiger partial charge < -0.3 is 9.32 Å². The third-order valence-corrected chi connectivity index (χ3v) is 2.88. The summed E-state index contributed by atoms with van der Waals surface area (Å²) in [7, 11) is 4.14. The predicted octanol–water partition coefficient (Wildman–Crippen LogP) is 2.14. The summed E-state index contributed by atoms with van der Waals surface area (Å²) in [5.41, 5.74) is 0. The lowest BCUT2D eigenvalue weighted by molar-refractivity contribution is 0.385. The molecular weight excluding hydrogens is 196 g/mol. The molecule has 0 saturated heterocycles. The van der Waals surface area contributed by atoms with E-state index in [-0.39, 0.29) is 0 Å². The Morgan fingerprint density at radius 3 is 2.86 bits per heavy atom. The average molecular weight is 214 g/mol. The molecule has 1 rings (SSSR count). The zero-order valence-corrected chi connectivity index (χ0v) is 9.80. The van der Waals surface area contributed by atoms with Gasteiger partial charge in [-0.1, -0.05) is 18.9 Å². The molecule has 1 aromatic rings.